The van der Waals surface area contributed by atoms with Gasteiger partial charge in [0.25, 0.3) is 0 Å². The third-order valence-electron chi connectivity index (χ3n) is 3.13. The molecule has 1 heterocycles. The summed E-state index contributed by atoms with van der Waals surface area (Å²) in [6.07, 6.45) is 2.84. The van der Waals surface area contributed by atoms with E-state index >= 15 is 0 Å². The third-order valence-corrected chi connectivity index (χ3v) is 3.13. The lowest BCUT2D eigenvalue weighted by atomic mass is 10.2. The summed E-state index contributed by atoms with van der Waals surface area (Å²) in [7, 11) is 0. The SMILES string of the molecule is Cc1ccc([N+](=O)[O-])c(OCCC(=O)Nc2cnn(CC(N)=O)c2)c1. The smallest absolute Gasteiger partial charge is 0.310 e. The summed E-state index contributed by atoms with van der Waals surface area (Å²) < 4.78 is 6.66. The van der Waals surface area contributed by atoms with E-state index in [2.05, 4.69) is 10.4 Å². The Kier molecular flexibility index (Phi) is 5.66. The number of nitrogens with two attached hydrogens (primary N) is 1. The predicted octanol–water partition coefficient (Wildman–Crippen LogP) is 0.993. The highest BCUT2D eigenvalue weighted by Gasteiger charge is 2.15. The maximum absolute atomic E-state index is 11.9. The van der Waals surface area contributed by atoms with Crippen LogP contribution in [0.4, 0.5) is 11.4 Å². The van der Waals surface area contributed by atoms with Gasteiger partial charge in [0.05, 0.1) is 29.8 Å². The Morgan fingerprint density at radius 1 is 1.44 bits per heavy atom. The second kappa shape index (κ2) is 7.90. The number of hydrogen-bond acceptors (Lipinski definition) is 6. The van der Waals surface area contributed by atoms with E-state index in [0.717, 1.165) is 5.56 Å². The fourth-order valence-electron chi connectivity index (χ4n) is 2.04. The van der Waals surface area contributed by atoms with Gasteiger partial charge in [-0.2, -0.15) is 5.10 Å². The van der Waals surface area contributed by atoms with E-state index in [0.29, 0.717) is 5.69 Å². The van der Waals surface area contributed by atoms with Crippen molar-refractivity contribution < 1.29 is 19.2 Å². The Bertz CT molecular complexity index is 801. The first-order valence-electron chi connectivity index (χ1n) is 7.33. The van der Waals surface area contributed by atoms with Gasteiger partial charge in [0, 0.05) is 12.3 Å². The van der Waals surface area contributed by atoms with Gasteiger partial charge in [-0.1, -0.05) is 6.07 Å². The average molecular weight is 347 g/mol. The molecule has 0 fully saturated rings. The van der Waals surface area contributed by atoms with E-state index in [9.17, 15) is 19.7 Å². The van der Waals surface area contributed by atoms with Crippen molar-refractivity contribution in [2.75, 3.05) is 11.9 Å². The van der Waals surface area contributed by atoms with Crippen LogP contribution >= 0.6 is 0 Å². The monoisotopic (exact) mass is 347 g/mol. The molecule has 0 aliphatic heterocycles. The number of anilines is 1. The van der Waals surface area contributed by atoms with Gasteiger partial charge in [-0.3, -0.25) is 24.4 Å². The molecule has 25 heavy (non-hydrogen) atoms. The van der Waals surface area contributed by atoms with Crippen molar-refractivity contribution >= 4 is 23.2 Å². The van der Waals surface area contributed by atoms with Crippen LogP contribution in [0.25, 0.3) is 0 Å². The number of aryl methyl sites for hydroxylation is 1. The number of ether oxygens (including phenoxy) is 1. The molecule has 2 aromatic rings. The molecular formula is C15H17N5O5. The summed E-state index contributed by atoms with van der Waals surface area (Å²) in [4.78, 5) is 33.1. The highest BCUT2D eigenvalue weighted by atomic mass is 16.6. The van der Waals surface area contributed by atoms with E-state index in [1.54, 1.807) is 19.1 Å². The van der Waals surface area contributed by atoms with Crippen molar-refractivity contribution in [2.45, 2.75) is 19.9 Å². The molecule has 0 unspecified atom stereocenters. The molecule has 10 heteroatoms. The molecule has 2 rings (SSSR count). The summed E-state index contributed by atoms with van der Waals surface area (Å²) in [6, 6.07) is 4.52. The van der Waals surface area contributed by atoms with Gasteiger partial charge in [0.15, 0.2) is 5.75 Å². The van der Waals surface area contributed by atoms with Crippen LogP contribution < -0.4 is 15.8 Å². The van der Waals surface area contributed by atoms with Gasteiger partial charge in [0.2, 0.25) is 11.8 Å². The van der Waals surface area contributed by atoms with Crippen molar-refractivity contribution in [3.8, 4) is 5.75 Å². The van der Waals surface area contributed by atoms with Gasteiger partial charge in [-0.05, 0) is 18.6 Å². The fraction of sp³-hybridized carbons (Fsp3) is 0.267. The van der Waals surface area contributed by atoms with Gasteiger partial charge in [0.1, 0.15) is 6.54 Å². The van der Waals surface area contributed by atoms with Crippen LogP contribution in [0.5, 0.6) is 5.75 Å². The zero-order chi connectivity index (χ0) is 18.4. The number of nitrogens with zero attached hydrogens (tertiary/aromatic N) is 3. The van der Waals surface area contributed by atoms with E-state index in [-0.39, 0.29) is 36.9 Å². The Balaban J connectivity index is 1.86. The number of primary amides is 1. The zero-order valence-electron chi connectivity index (χ0n) is 13.5. The molecule has 0 atom stereocenters. The van der Waals surface area contributed by atoms with Crippen molar-refractivity contribution in [1.29, 1.82) is 0 Å². The van der Waals surface area contributed by atoms with Crippen molar-refractivity contribution in [1.82, 2.24) is 9.78 Å². The standard InChI is InChI=1S/C15H17N5O5/c1-10-2-3-12(20(23)24)13(6-10)25-5-4-15(22)18-11-7-17-19(8-11)9-14(16)21/h2-3,6-8H,4-5,9H2,1H3,(H2,16,21)(H,18,22). The Hall–Kier alpha value is -3.43. The molecule has 0 radical (unpaired) electrons. The molecule has 0 aliphatic rings. The van der Waals surface area contributed by atoms with Crippen LogP contribution in [0.2, 0.25) is 0 Å². The van der Waals surface area contributed by atoms with Crippen LogP contribution in [0.1, 0.15) is 12.0 Å². The van der Waals surface area contributed by atoms with Crippen LogP contribution in [-0.4, -0.2) is 33.1 Å². The number of carbonyl (C=O) groups is 2. The summed E-state index contributed by atoms with van der Waals surface area (Å²) >= 11 is 0. The number of benzene rings is 1. The fourth-order valence-corrected chi connectivity index (χ4v) is 2.04. The number of nitro groups is 1. The molecule has 0 saturated carbocycles. The zero-order valence-corrected chi connectivity index (χ0v) is 13.5. The second-order valence-corrected chi connectivity index (χ2v) is 5.27. The van der Waals surface area contributed by atoms with Crippen molar-refractivity contribution in [2.24, 2.45) is 5.73 Å². The first kappa shape index (κ1) is 17.9. The minimum atomic E-state index is -0.547. The topological polar surface area (TPSA) is 142 Å². The number of hydrogen-bond donors (Lipinski definition) is 2. The molecular weight excluding hydrogens is 330 g/mol. The molecule has 10 nitrogen and oxygen atoms in total. The number of nitro benzene ring substituents is 1. The molecule has 1 aromatic heterocycles. The first-order valence-corrected chi connectivity index (χ1v) is 7.33. The number of carbonyl (C=O) groups excluding carboxylic acids is 2. The van der Waals surface area contributed by atoms with Gasteiger partial charge in [-0.15, -0.1) is 0 Å². The van der Waals surface area contributed by atoms with Gasteiger partial charge in [-0.25, -0.2) is 0 Å². The minimum Gasteiger partial charge on any atom is -0.486 e. The summed E-state index contributed by atoms with van der Waals surface area (Å²) in [6.45, 7) is 1.68. The van der Waals surface area contributed by atoms with Crippen LogP contribution in [-0.2, 0) is 16.1 Å². The third kappa shape index (κ3) is 5.30. The molecule has 3 N–H and O–H groups in total. The van der Waals surface area contributed by atoms with E-state index in [1.807, 2.05) is 0 Å². The molecule has 1 aromatic carbocycles. The van der Waals surface area contributed by atoms with Crippen LogP contribution in [0, 0.1) is 17.0 Å². The first-order chi connectivity index (χ1) is 11.8. The van der Waals surface area contributed by atoms with E-state index in [1.165, 1.54) is 23.1 Å². The lowest BCUT2D eigenvalue weighted by Gasteiger charge is -2.07. The Morgan fingerprint density at radius 3 is 2.88 bits per heavy atom. The largest absolute Gasteiger partial charge is 0.486 e. The summed E-state index contributed by atoms with van der Waals surface area (Å²) in [5.74, 6) is -0.782. The predicted molar refractivity (Wildman–Crippen MR) is 88.0 cm³/mol. The number of nitrogens with one attached hydrogen (secondary N) is 1. The molecule has 0 spiro atoms. The van der Waals surface area contributed by atoms with Crippen molar-refractivity contribution in [3.05, 3.63) is 46.3 Å². The number of amides is 2. The summed E-state index contributed by atoms with van der Waals surface area (Å²) in [5, 5.41) is 17.4. The number of aromatic nitrogens is 2. The Labute approximate surface area is 142 Å². The second-order valence-electron chi connectivity index (χ2n) is 5.27. The average Bonchev–Trinajstić information content (AvgIpc) is 2.93. The lowest BCUT2D eigenvalue weighted by molar-refractivity contribution is -0.385. The number of rotatable bonds is 8. The molecule has 0 saturated heterocycles. The van der Waals surface area contributed by atoms with E-state index < -0.39 is 10.8 Å². The molecule has 0 bridgehead atoms. The molecule has 132 valence electrons. The van der Waals surface area contributed by atoms with Crippen LogP contribution in [0.3, 0.4) is 0 Å². The lowest BCUT2D eigenvalue weighted by Crippen LogP contribution is -2.19. The Morgan fingerprint density at radius 2 is 2.20 bits per heavy atom. The minimum absolute atomic E-state index is 0.00784. The highest BCUT2D eigenvalue weighted by Crippen LogP contribution is 2.27. The highest BCUT2D eigenvalue weighted by molar-refractivity contribution is 5.90. The van der Waals surface area contributed by atoms with Crippen molar-refractivity contribution in [3.63, 3.8) is 0 Å². The van der Waals surface area contributed by atoms with Gasteiger partial charge < -0.3 is 15.8 Å². The maximum atomic E-state index is 11.9. The van der Waals surface area contributed by atoms with Crippen LogP contribution in [0.15, 0.2) is 30.6 Å². The van der Waals surface area contributed by atoms with Gasteiger partial charge >= 0.3 is 5.69 Å². The molecule has 2 amide bonds. The normalized spacial score (nSPS) is 10.3. The van der Waals surface area contributed by atoms with E-state index in [4.69, 9.17) is 10.5 Å². The maximum Gasteiger partial charge on any atom is 0.310 e. The quantitative estimate of drug-likeness (QED) is 0.538. The summed E-state index contributed by atoms with van der Waals surface area (Å²) in [5.41, 5.74) is 6.12. The molecule has 0 aliphatic carbocycles.